The lowest BCUT2D eigenvalue weighted by Crippen LogP contribution is -2.32. The van der Waals surface area contributed by atoms with Crippen molar-refractivity contribution in [3.8, 4) is 5.82 Å². The number of carbonyl (C=O) groups is 1. The number of nitrogens with zero attached hydrogens (tertiary/aromatic N) is 4. The van der Waals surface area contributed by atoms with E-state index in [1.54, 1.807) is 24.7 Å². The Labute approximate surface area is 117 Å². The summed E-state index contributed by atoms with van der Waals surface area (Å²) in [5.41, 5.74) is 0.556. The zero-order valence-electron chi connectivity index (χ0n) is 11.4. The summed E-state index contributed by atoms with van der Waals surface area (Å²) in [6.45, 7) is 4.43. The molecule has 106 valence electrons. The first-order valence-electron chi connectivity index (χ1n) is 6.61. The van der Waals surface area contributed by atoms with Gasteiger partial charge in [0.1, 0.15) is 12.7 Å². The predicted molar refractivity (Wildman–Crippen MR) is 74.6 cm³/mol. The lowest BCUT2D eigenvalue weighted by atomic mass is 10.2. The maximum absolute atomic E-state index is 12.0. The third-order valence-corrected chi connectivity index (χ3v) is 2.68. The molecular weight excluding hydrogens is 256 g/mol. The molecule has 0 spiro atoms. The van der Waals surface area contributed by atoms with Crippen LogP contribution in [0.2, 0.25) is 0 Å². The fourth-order valence-electron chi connectivity index (χ4n) is 1.68. The van der Waals surface area contributed by atoms with Crippen LogP contribution in [-0.2, 0) is 0 Å². The molecule has 1 amide bonds. The van der Waals surface area contributed by atoms with E-state index in [4.69, 9.17) is 0 Å². The standard InChI is InChI=1S/C13H18N6O/c1-2-4-14-6-7-17-13(20)11-3-5-16-12(8-11)19-10-15-9-18-19/h3,5,8-10,14H,2,4,6-7H2,1H3,(H,17,20). The number of nitrogens with one attached hydrogen (secondary N) is 2. The van der Waals surface area contributed by atoms with Crippen LogP contribution in [-0.4, -0.2) is 45.3 Å². The summed E-state index contributed by atoms with van der Waals surface area (Å²) in [5, 5.41) is 10.1. The molecule has 2 rings (SSSR count). The Morgan fingerprint density at radius 3 is 3.00 bits per heavy atom. The van der Waals surface area contributed by atoms with Crippen LogP contribution in [0.4, 0.5) is 0 Å². The van der Waals surface area contributed by atoms with Gasteiger partial charge in [-0.15, -0.1) is 0 Å². The summed E-state index contributed by atoms with van der Waals surface area (Å²) in [6.07, 6.45) is 5.63. The SMILES string of the molecule is CCCNCCNC(=O)c1ccnc(-n2cncn2)c1. The number of aromatic nitrogens is 4. The Morgan fingerprint density at radius 1 is 1.35 bits per heavy atom. The summed E-state index contributed by atoms with van der Waals surface area (Å²) in [6, 6.07) is 3.36. The summed E-state index contributed by atoms with van der Waals surface area (Å²) >= 11 is 0. The van der Waals surface area contributed by atoms with E-state index in [0.717, 1.165) is 19.5 Å². The minimum atomic E-state index is -0.118. The highest BCUT2D eigenvalue weighted by Crippen LogP contribution is 2.05. The van der Waals surface area contributed by atoms with E-state index in [1.807, 2.05) is 0 Å². The molecule has 0 aliphatic carbocycles. The highest BCUT2D eigenvalue weighted by molar-refractivity contribution is 5.94. The molecule has 0 atom stereocenters. The molecule has 0 saturated heterocycles. The van der Waals surface area contributed by atoms with E-state index in [1.165, 1.54) is 11.0 Å². The first kappa shape index (κ1) is 14.1. The third-order valence-electron chi connectivity index (χ3n) is 2.68. The van der Waals surface area contributed by atoms with Crippen molar-refractivity contribution < 1.29 is 4.79 Å². The second-order valence-electron chi connectivity index (χ2n) is 4.25. The maximum Gasteiger partial charge on any atom is 0.251 e. The van der Waals surface area contributed by atoms with Gasteiger partial charge in [0.25, 0.3) is 5.91 Å². The molecule has 2 heterocycles. The van der Waals surface area contributed by atoms with Gasteiger partial charge in [0.2, 0.25) is 0 Å². The normalized spacial score (nSPS) is 10.4. The zero-order chi connectivity index (χ0) is 14.2. The van der Waals surface area contributed by atoms with Crippen molar-refractivity contribution in [2.24, 2.45) is 0 Å². The van der Waals surface area contributed by atoms with Crippen LogP contribution in [0.25, 0.3) is 5.82 Å². The van der Waals surface area contributed by atoms with Crippen LogP contribution >= 0.6 is 0 Å². The highest BCUT2D eigenvalue weighted by Gasteiger charge is 2.07. The Hall–Kier alpha value is -2.28. The molecule has 2 N–H and O–H groups in total. The van der Waals surface area contributed by atoms with Crippen molar-refractivity contribution in [1.82, 2.24) is 30.4 Å². The van der Waals surface area contributed by atoms with Gasteiger partial charge in [-0.1, -0.05) is 6.92 Å². The van der Waals surface area contributed by atoms with Gasteiger partial charge in [-0.3, -0.25) is 4.79 Å². The Bertz CT molecular complexity index is 540. The smallest absolute Gasteiger partial charge is 0.251 e. The van der Waals surface area contributed by atoms with Gasteiger partial charge in [0.15, 0.2) is 5.82 Å². The molecular formula is C13H18N6O. The van der Waals surface area contributed by atoms with Crippen molar-refractivity contribution >= 4 is 5.91 Å². The molecule has 0 aliphatic heterocycles. The summed E-state index contributed by atoms with van der Waals surface area (Å²) in [5.74, 6) is 0.450. The number of amides is 1. The molecule has 7 nitrogen and oxygen atoms in total. The Morgan fingerprint density at radius 2 is 2.25 bits per heavy atom. The molecule has 0 unspecified atom stereocenters. The van der Waals surface area contributed by atoms with Crippen molar-refractivity contribution in [2.75, 3.05) is 19.6 Å². The van der Waals surface area contributed by atoms with E-state index in [0.29, 0.717) is 17.9 Å². The van der Waals surface area contributed by atoms with Gasteiger partial charge in [-0.2, -0.15) is 5.10 Å². The average Bonchev–Trinajstić information content (AvgIpc) is 3.01. The van der Waals surface area contributed by atoms with Crippen molar-refractivity contribution in [1.29, 1.82) is 0 Å². The van der Waals surface area contributed by atoms with E-state index in [9.17, 15) is 4.79 Å². The fourth-order valence-corrected chi connectivity index (χ4v) is 1.68. The van der Waals surface area contributed by atoms with Crippen LogP contribution in [0.5, 0.6) is 0 Å². The summed E-state index contributed by atoms with van der Waals surface area (Å²) < 4.78 is 1.51. The largest absolute Gasteiger partial charge is 0.351 e. The number of pyridine rings is 1. The van der Waals surface area contributed by atoms with Crippen LogP contribution in [0.15, 0.2) is 31.0 Å². The Kier molecular flexibility index (Phi) is 5.19. The molecule has 0 aliphatic rings. The van der Waals surface area contributed by atoms with Gasteiger partial charge in [0.05, 0.1) is 0 Å². The first-order valence-corrected chi connectivity index (χ1v) is 6.61. The predicted octanol–water partition coefficient (Wildman–Crippen LogP) is 0.392. The monoisotopic (exact) mass is 274 g/mol. The van der Waals surface area contributed by atoms with Gasteiger partial charge in [-0.25, -0.2) is 14.6 Å². The summed E-state index contributed by atoms with van der Waals surface area (Å²) in [4.78, 5) is 20.0. The minimum Gasteiger partial charge on any atom is -0.351 e. The van der Waals surface area contributed by atoms with Crippen molar-refractivity contribution in [3.63, 3.8) is 0 Å². The van der Waals surface area contributed by atoms with Crippen LogP contribution in [0.3, 0.4) is 0 Å². The number of hydrogen-bond acceptors (Lipinski definition) is 5. The molecule has 0 fully saturated rings. The van der Waals surface area contributed by atoms with Crippen LogP contribution in [0.1, 0.15) is 23.7 Å². The van der Waals surface area contributed by atoms with E-state index >= 15 is 0 Å². The summed E-state index contributed by atoms with van der Waals surface area (Å²) in [7, 11) is 0. The second kappa shape index (κ2) is 7.34. The van der Waals surface area contributed by atoms with Gasteiger partial charge in [-0.05, 0) is 25.1 Å². The molecule has 0 saturated carbocycles. The molecule has 2 aromatic heterocycles. The third kappa shape index (κ3) is 3.86. The molecule has 2 aromatic rings. The van der Waals surface area contributed by atoms with Gasteiger partial charge in [0, 0.05) is 24.8 Å². The van der Waals surface area contributed by atoms with Gasteiger partial charge >= 0.3 is 0 Å². The van der Waals surface area contributed by atoms with Gasteiger partial charge < -0.3 is 10.6 Å². The zero-order valence-corrected chi connectivity index (χ0v) is 11.4. The average molecular weight is 274 g/mol. The topological polar surface area (TPSA) is 84.7 Å². The molecule has 0 bridgehead atoms. The molecule has 7 heteroatoms. The highest BCUT2D eigenvalue weighted by atomic mass is 16.1. The number of hydrogen-bond donors (Lipinski definition) is 2. The van der Waals surface area contributed by atoms with Crippen molar-refractivity contribution in [3.05, 3.63) is 36.5 Å². The lowest BCUT2D eigenvalue weighted by molar-refractivity contribution is 0.0954. The van der Waals surface area contributed by atoms with Crippen LogP contribution < -0.4 is 10.6 Å². The molecule has 0 radical (unpaired) electrons. The quantitative estimate of drug-likeness (QED) is 0.714. The van der Waals surface area contributed by atoms with E-state index in [-0.39, 0.29) is 5.91 Å². The number of rotatable bonds is 7. The van der Waals surface area contributed by atoms with E-state index < -0.39 is 0 Å². The Balaban J connectivity index is 1.92. The lowest BCUT2D eigenvalue weighted by Gasteiger charge is -2.07. The van der Waals surface area contributed by atoms with Crippen molar-refractivity contribution in [2.45, 2.75) is 13.3 Å². The first-order chi connectivity index (χ1) is 9.81. The van der Waals surface area contributed by atoms with Crippen LogP contribution in [0, 0.1) is 0 Å². The van der Waals surface area contributed by atoms with E-state index in [2.05, 4.69) is 32.6 Å². The maximum atomic E-state index is 12.0. The molecule has 20 heavy (non-hydrogen) atoms. The fraction of sp³-hybridized carbons (Fsp3) is 0.385. The minimum absolute atomic E-state index is 0.118. The molecule has 0 aromatic carbocycles. The number of carbonyl (C=O) groups excluding carboxylic acids is 1. The second-order valence-corrected chi connectivity index (χ2v) is 4.25.